The molecular formula is C11H15BrN2O2. The maximum Gasteiger partial charge on any atom is 0.421 e. The molecule has 1 aromatic carbocycles. The van der Waals surface area contributed by atoms with Crippen LogP contribution in [0.1, 0.15) is 12.5 Å². The summed E-state index contributed by atoms with van der Waals surface area (Å²) in [4.78, 5) is 11.1. The van der Waals surface area contributed by atoms with Crippen molar-refractivity contribution in [1.29, 1.82) is 0 Å². The third-order valence-electron chi connectivity index (χ3n) is 2.14. The van der Waals surface area contributed by atoms with Crippen LogP contribution in [-0.4, -0.2) is 24.8 Å². The number of nitrogens with zero attached hydrogens (tertiary/aromatic N) is 1. The Morgan fingerprint density at radius 3 is 2.75 bits per heavy atom. The van der Waals surface area contributed by atoms with Crippen molar-refractivity contribution in [1.82, 2.24) is 10.4 Å². The number of benzene rings is 1. The van der Waals surface area contributed by atoms with Crippen LogP contribution in [0.3, 0.4) is 0 Å². The molecule has 88 valence electrons. The predicted molar refractivity (Wildman–Crippen MR) is 65.8 cm³/mol. The quantitative estimate of drug-likeness (QED) is 0.865. The van der Waals surface area contributed by atoms with Crippen molar-refractivity contribution >= 4 is 22.0 Å². The summed E-state index contributed by atoms with van der Waals surface area (Å²) in [5.74, 6) is 0. The fourth-order valence-electron chi connectivity index (χ4n) is 1.24. The van der Waals surface area contributed by atoms with Gasteiger partial charge in [0, 0.05) is 17.6 Å². The van der Waals surface area contributed by atoms with E-state index in [1.165, 1.54) is 7.11 Å². The lowest BCUT2D eigenvalue weighted by Gasteiger charge is -2.21. The number of hydrazine groups is 1. The topological polar surface area (TPSA) is 41.6 Å². The van der Waals surface area contributed by atoms with E-state index in [-0.39, 0.29) is 0 Å². The van der Waals surface area contributed by atoms with E-state index in [1.807, 2.05) is 31.2 Å². The molecule has 4 nitrogen and oxygen atoms in total. The Kier molecular flexibility index (Phi) is 5.28. The van der Waals surface area contributed by atoms with Crippen LogP contribution in [0.4, 0.5) is 4.79 Å². The third kappa shape index (κ3) is 3.83. The van der Waals surface area contributed by atoms with Crippen LogP contribution < -0.4 is 5.43 Å². The highest BCUT2D eigenvalue weighted by atomic mass is 79.9. The summed E-state index contributed by atoms with van der Waals surface area (Å²) in [6.45, 7) is 3.30. The average molecular weight is 287 g/mol. The van der Waals surface area contributed by atoms with Crippen molar-refractivity contribution in [2.24, 2.45) is 0 Å². The standard InChI is InChI=1S/C11H15BrN2O2/c1-3-14(13-11(15)16-2)8-9-6-4-5-7-10(9)12/h4-7H,3,8H2,1-2H3,(H,13,15). The van der Waals surface area contributed by atoms with Crippen molar-refractivity contribution in [3.63, 3.8) is 0 Å². The molecule has 16 heavy (non-hydrogen) atoms. The molecule has 1 rings (SSSR count). The van der Waals surface area contributed by atoms with Gasteiger partial charge < -0.3 is 4.74 Å². The minimum absolute atomic E-state index is 0.450. The fraction of sp³-hybridized carbons (Fsp3) is 0.364. The SMILES string of the molecule is CCN(Cc1ccccc1Br)NC(=O)OC. The summed E-state index contributed by atoms with van der Waals surface area (Å²) in [5.41, 5.74) is 3.76. The summed E-state index contributed by atoms with van der Waals surface area (Å²) >= 11 is 3.47. The molecule has 0 radical (unpaired) electrons. The van der Waals surface area contributed by atoms with Gasteiger partial charge in [-0.3, -0.25) is 5.43 Å². The van der Waals surface area contributed by atoms with Gasteiger partial charge in [0.1, 0.15) is 0 Å². The molecule has 1 aromatic rings. The van der Waals surface area contributed by atoms with Crippen LogP contribution in [0.15, 0.2) is 28.7 Å². The van der Waals surface area contributed by atoms with E-state index in [2.05, 4.69) is 26.1 Å². The smallest absolute Gasteiger partial charge is 0.421 e. The van der Waals surface area contributed by atoms with Crippen LogP contribution in [0, 0.1) is 0 Å². The molecule has 0 saturated carbocycles. The minimum Gasteiger partial charge on any atom is -0.452 e. The molecule has 0 fully saturated rings. The van der Waals surface area contributed by atoms with Gasteiger partial charge >= 0.3 is 6.09 Å². The molecule has 0 aromatic heterocycles. The summed E-state index contributed by atoms with van der Waals surface area (Å²) in [6, 6.07) is 7.90. The van der Waals surface area contributed by atoms with Gasteiger partial charge in [-0.25, -0.2) is 9.80 Å². The molecule has 0 aliphatic carbocycles. The van der Waals surface area contributed by atoms with Gasteiger partial charge in [0.15, 0.2) is 0 Å². The van der Waals surface area contributed by atoms with Gasteiger partial charge in [-0.05, 0) is 11.6 Å². The van der Waals surface area contributed by atoms with Crippen LogP contribution in [0.5, 0.6) is 0 Å². The Balaban J connectivity index is 2.63. The Morgan fingerprint density at radius 2 is 2.19 bits per heavy atom. The van der Waals surface area contributed by atoms with E-state index >= 15 is 0 Å². The highest BCUT2D eigenvalue weighted by Crippen LogP contribution is 2.16. The molecule has 0 aliphatic heterocycles. The highest BCUT2D eigenvalue weighted by Gasteiger charge is 2.09. The Labute approximate surface area is 104 Å². The highest BCUT2D eigenvalue weighted by molar-refractivity contribution is 9.10. The molecule has 1 N–H and O–H groups in total. The second-order valence-corrected chi connectivity index (χ2v) is 4.06. The number of carbonyl (C=O) groups is 1. The van der Waals surface area contributed by atoms with Gasteiger partial charge in [-0.1, -0.05) is 41.1 Å². The molecule has 1 amide bonds. The fourth-order valence-corrected chi connectivity index (χ4v) is 1.65. The molecule has 0 atom stereocenters. The van der Waals surface area contributed by atoms with Crippen molar-refractivity contribution in [3.8, 4) is 0 Å². The van der Waals surface area contributed by atoms with Crippen LogP contribution in [0.2, 0.25) is 0 Å². The Bertz CT molecular complexity index is 358. The van der Waals surface area contributed by atoms with E-state index in [0.29, 0.717) is 13.1 Å². The molecular weight excluding hydrogens is 272 g/mol. The number of rotatable bonds is 4. The van der Waals surface area contributed by atoms with Crippen LogP contribution in [-0.2, 0) is 11.3 Å². The third-order valence-corrected chi connectivity index (χ3v) is 2.91. The number of nitrogens with one attached hydrogen (secondary N) is 1. The zero-order valence-electron chi connectivity index (χ0n) is 9.37. The Hall–Kier alpha value is -1.07. The lowest BCUT2D eigenvalue weighted by Crippen LogP contribution is -2.41. The first-order chi connectivity index (χ1) is 7.67. The lowest BCUT2D eigenvalue weighted by atomic mass is 10.2. The average Bonchev–Trinajstić information content (AvgIpc) is 2.30. The molecule has 0 spiro atoms. The largest absolute Gasteiger partial charge is 0.452 e. The zero-order valence-corrected chi connectivity index (χ0v) is 11.0. The summed E-state index contributed by atoms with van der Waals surface area (Å²) in [7, 11) is 1.35. The number of hydrogen-bond donors (Lipinski definition) is 1. The van der Waals surface area contributed by atoms with Gasteiger partial charge in [-0.15, -0.1) is 0 Å². The summed E-state index contributed by atoms with van der Waals surface area (Å²) in [6.07, 6.45) is -0.450. The van der Waals surface area contributed by atoms with Crippen LogP contribution >= 0.6 is 15.9 Å². The van der Waals surface area contributed by atoms with E-state index in [9.17, 15) is 4.79 Å². The predicted octanol–water partition coefficient (Wildman–Crippen LogP) is 2.54. The Morgan fingerprint density at radius 1 is 1.50 bits per heavy atom. The molecule has 5 heteroatoms. The van der Waals surface area contributed by atoms with Gasteiger partial charge in [0.2, 0.25) is 0 Å². The summed E-state index contributed by atoms with van der Waals surface area (Å²) < 4.78 is 5.57. The number of hydrogen-bond acceptors (Lipinski definition) is 3. The minimum atomic E-state index is -0.450. The number of amides is 1. The maximum atomic E-state index is 11.1. The van der Waals surface area contributed by atoms with Gasteiger partial charge in [-0.2, -0.15) is 0 Å². The van der Waals surface area contributed by atoms with Crippen molar-refractivity contribution < 1.29 is 9.53 Å². The van der Waals surface area contributed by atoms with Crippen molar-refractivity contribution in [3.05, 3.63) is 34.3 Å². The summed E-state index contributed by atoms with van der Waals surface area (Å²) in [5, 5.41) is 1.78. The first-order valence-corrected chi connectivity index (χ1v) is 5.79. The normalized spacial score (nSPS) is 10.2. The van der Waals surface area contributed by atoms with E-state index in [0.717, 1.165) is 10.0 Å². The number of methoxy groups -OCH3 is 1. The monoisotopic (exact) mass is 286 g/mol. The number of ether oxygens (including phenoxy) is 1. The van der Waals surface area contributed by atoms with E-state index in [4.69, 9.17) is 0 Å². The van der Waals surface area contributed by atoms with Gasteiger partial charge in [0.25, 0.3) is 0 Å². The zero-order chi connectivity index (χ0) is 12.0. The second kappa shape index (κ2) is 6.50. The van der Waals surface area contributed by atoms with Crippen LogP contribution in [0.25, 0.3) is 0 Å². The number of carbonyl (C=O) groups excluding carboxylic acids is 1. The number of halogens is 1. The van der Waals surface area contributed by atoms with Gasteiger partial charge in [0.05, 0.1) is 7.11 Å². The van der Waals surface area contributed by atoms with Crippen molar-refractivity contribution in [2.45, 2.75) is 13.5 Å². The van der Waals surface area contributed by atoms with Crippen molar-refractivity contribution in [2.75, 3.05) is 13.7 Å². The maximum absolute atomic E-state index is 11.1. The first kappa shape index (κ1) is 13.0. The van der Waals surface area contributed by atoms with E-state index < -0.39 is 6.09 Å². The molecule has 0 aliphatic rings. The lowest BCUT2D eigenvalue weighted by molar-refractivity contribution is 0.121. The first-order valence-electron chi connectivity index (χ1n) is 5.00. The molecule has 0 saturated heterocycles. The molecule has 0 unspecified atom stereocenters. The molecule has 0 bridgehead atoms. The van der Waals surface area contributed by atoms with E-state index in [1.54, 1.807) is 5.01 Å². The molecule has 0 heterocycles. The second-order valence-electron chi connectivity index (χ2n) is 3.21.